The molecular weight excluding hydrogens is 350 g/mol. The van der Waals surface area contributed by atoms with Gasteiger partial charge in [0, 0.05) is 29.4 Å². The van der Waals surface area contributed by atoms with Gasteiger partial charge >= 0.3 is 0 Å². The monoisotopic (exact) mass is 365 g/mol. The molecule has 7 nitrogen and oxygen atoms in total. The number of rotatable bonds is 4. The van der Waals surface area contributed by atoms with Gasteiger partial charge in [0.25, 0.3) is 5.56 Å². The summed E-state index contributed by atoms with van der Waals surface area (Å²) in [7, 11) is 0. The molecule has 3 aromatic heterocycles. The Morgan fingerprint density at radius 1 is 1.23 bits per heavy atom. The number of benzene rings is 1. The molecule has 1 N–H and O–H groups in total. The molecule has 0 radical (unpaired) electrons. The largest absolute Gasteiger partial charge is 0.324 e. The molecule has 1 amide bonds. The van der Waals surface area contributed by atoms with Gasteiger partial charge in [-0.2, -0.15) is 5.10 Å². The highest BCUT2D eigenvalue weighted by Crippen LogP contribution is 2.28. The number of nitrogens with one attached hydrogen (secondary N) is 1. The summed E-state index contributed by atoms with van der Waals surface area (Å²) in [5, 5.41) is 8.91. The lowest BCUT2D eigenvalue weighted by Gasteiger charge is -2.10. The summed E-state index contributed by atoms with van der Waals surface area (Å²) in [5.74, 6) is -0.321. The molecule has 130 valence electrons. The number of thiazole rings is 1. The molecule has 4 rings (SSSR count). The first-order chi connectivity index (χ1) is 12.6. The summed E-state index contributed by atoms with van der Waals surface area (Å²) in [6.45, 7) is 1.63. The lowest BCUT2D eigenvalue weighted by Crippen LogP contribution is -2.29. The second-order valence-electron chi connectivity index (χ2n) is 5.78. The van der Waals surface area contributed by atoms with E-state index in [0.29, 0.717) is 11.4 Å². The highest BCUT2D eigenvalue weighted by Gasteiger charge is 2.13. The molecule has 3 heterocycles. The zero-order chi connectivity index (χ0) is 18.1. The second kappa shape index (κ2) is 6.57. The van der Waals surface area contributed by atoms with Crippen molar-refractivity contribution in [1.29, 1.82) is 0 Å². The summed E-state index contributed by atoms with van der Waals surface area (Å²) in [6.07, 6.45) is 3.86. The van der Waals surface area contributed by atoms with Crippen LogP contribution in [-0.4, -0.2) is 25.1 Å². The number of hydrogen-bond donors (Lipinski definition) is 1. The molecule has 0 saturated heterocycles. The maximum absolute atomic E-state index is 12.4. The van der Waals surface area contributed by atoms with E-state index >= 15 is 0 Å². The van der Waals surface area contributed by atoms with Crippen LogP contribution in [0.25, 0.3) is 16.2 Å². The molecule has 8 heteroatoms. The van der Waals surface area contributed by atoms with Crippen LogP contribution >= 0.6 is 11.3 Å². The van der Waals surface area contributed by atoms with Crippen LogP contribution in [0.3, 0.4) is 0 Å². The second-order valence-corrected chi connectivity index (χ2v) is 6.66. The van der Waals surface area contributed by atoms with Crippen LogP contribution in [0.1, 0.15) is 5.69 Å². The van der Waals surface area contributed by atoms with E-state index in [1.807, 2.05) is 46.4 Å². The smallest absolute Gasteiger partial charge is 0.267 e. The fraction of sp³-hybridized carbons (Fsp3) is 0.111. The Morgan fingerprint density at radius 3 is 2.92 bits per heavy atom. The zero-order valence-electron chi connectivity index (χ0n) is 13.9. The molecule has 0 atom stereocenters. The highest BCUT2D eigenvalue weighted by atomic mass is 32.1. The molecule has 0 unspecified atom stereocenters. The van der Waals surface area contributed by atoms with E-state index in [2.05, 4.69) is 15.4 Å². The minimum Gasteiger partial charge on any atom is -0.324 e. The molecule has 0 fully saturated rings. The van der Waals surface area contributed by atoms with Crippen molar-refractivity contribution in [3.05, 3.63) is 70.2 Å². The Hall–Kier alpha value is -3.26. The average molecular weight is 365 g/mol. The lowest BCUT2D eigenvalue weighted by atomic mass is 10.1. The van der Waals surface area contributed by atoms with Crippen LogP contribution < -0.4 is 10.9 Å². The van der Waals surface area contributed by atoms with Crippen molar-refractivity contribution < 1.29 is 4.79 Å². The molecule has 1 aromatic carbocycles. The minimum absolute atomic E-state index is 0.146. The van der Waals surface area contributed by atoms with E-state index in [-0.39, 0.29) is 18.0 Å². The van der Waals surface area contributed by atoms with Gasteiger partial charge in [0.05, 0.1) is 17.1 Å². The van der Waals surface area contributed by atoms with Crippen LogP contribution in [0.15, 0.2) is 59.0 Å². The van der Waals surface area contributed by atoms with E-state index in [4.69, 9.17) is 0 Å². The number of amides is 1. The predicted molar refractivity (Wildman–Crippen MR) is 100 cm³/mol. The summed E-state index contributed by atoms with van der Waals surface area (Å²) < 4.78 is 3.09. The maximum Gasteiger partial charge on any atom is 0.267 e. The Kier molecular flexibility index (Phi) is 4.10. The van der Waals surface area contributed by atoms with Crippen LogP contribution in [0.4, 0.5) is 5.69 Å². The number of hydrogen-bond acceptors (Lipinski definition) is 5. The quantitative estimate of drug-likeness (QED) is 0.603. The fourth-order valence-electron chi connectivity index (χ4n) is 2.66. The first-order valence-electron chi connectivity index (χ1n) is 7.96. The number of carbonyl (C=O) groups is 1. The van der Waals surface area contributed by atoms with E-state index in [1.54, 1.807) is 24.3 Å². The van der Waals surface area contributed by atoms with Gasteiger partial charge in [0.15, 0.2) is 4.96 Å². The molecule has 0 spiro atoms. The van der Waals surface area contributed by atoms with Crippen molar-refractivity contribution in [3.63, 3.8) is 0 Å². The molecular formula is C18H15N5O2S. The Morgan fingerprint density at radius 2 is 2.08 bits per heavy atom. The average Bonchev–Trinajstić information content (AvgIpc) is 3.20. The number of carbonyl (C=O) groups excluding carboxylic acids is 1. The van der Waals surface area contributed by atoms with Gasteiger partial charge in [-0.1, -0.05) is 18.2 Å². The van der Waals surface area contributed by atoms with E-state index < -0.39 is 0 Å². The van der Waals surface area contributed by atoms with Gasteiger partial charge < -0.3 is 5.32 Å². The topological polar surface area (TPSA) is 81.3 Å². The van der Waals surface area contributed by atoms with Crippen LogP contribution in [0.5, 0.6) is 0 Å². The van der Waals surface area contributed by atoms with Gasteiger partial charge in [0.2, 0.25) is 5.91 Å². The molecule has 4 aromatic rings. The van der Waals surface area contributed by atoms with Crippen LogP contribution in [0.2, 0.25) is 0 Å². The molecule has 0 aliphatic rings. The summed E-state index contributed by atoms with van der Waals surface area (Å²) in [5.41, 5.74) is 2.60. The van der Waals surface area contributed by atoms with Crippen molar-refractivity contribution in [2.45, 2.75) is 13.5 Å². The Labute approximate surface area is 152 Å². The first-order valence-corrected chi connectivity index (χ1v) is 8.84. The van der Waals surface area contributed by atoms with Crippen LogP contribution in [-0.2, 0) is 11.3 Å². The van der Waals surface area contributed by atoms with Crippen molar-refractivity contribution in [3.8, 4) is 11.3 Å². The van der Waals surface area contributed by atoms with Crippen molar-refractivity contribution in [2.24, 2.45) is 0 Å². The normalized spacial score (nSPS) is 11.0. The highest BCUT2D eigenvalue weighted by molar-refractivity contribution is 7.15. The number of anilines is 1. The van der Waals surface area contributed by atoms with E-state index in [0.717, 1.165) is 20.9 Å². The lowest BCUT2D eigenvalue weighted by molar-refractivity contribution is -0.117. The van der Waals surface area contributed by atoms with Gasteiger partial charge in [0.1, 0.15) is 6.54 Å². The van der Waals surface area contributed by atoms with Crippen LogP contribution in [0, 0.1) is 6.92 Å². The third-order valence-corrected chi connectivity index (χ3v) is 4.63. The summed E-state index contributed by atoms with van der Waals surface area (Å²) in [6, 6.07) is 10.5. The number of imidazole rings is 1. The van der Waals surface area contributed by atoms with E-state index in [9.17, 15) is 9.59 Å². The van der Waals surface area contributed by atoms with E-state index in [1.165, 1.54) is 6.07 Å². The Bertz CT molecular complexity index is 1130. The van der Waals surface area contributed by atoms with Crippen molar-refractivity contribution >= 4 is 27.9 Å². The number of fused-ring (bicyclic) bond motifs is 1. The van der Waals surface area contributed by atoms with Crippen molar-refractivity contribution in [2.75, 3.05) is 5.32 Å². The number of para-hydroxylation sites is 1. The molecule has 26 heavy (non-hydrogen) atoms. The standard InChI is InChI=1S/C18H15N5O2S/c1-12-6-7-17(25)23(21-12)11-16(24)19-14-5-3-2-4-13(14)15-10-22-8-9-26-18(22)20-15/h2-10H,11H2,1H3,(H,19,24). The SMILES string of the molecule is Cc1ccc(=O)n(CC(=O)Nc2ccccc2-c2cn3ccsc3n2)n1. The number of aryl methyl sites for hydroxylation is 1. The van der Waals surface area contributed by atoms with Gasteiger partial charge in [-0.05, 0) is 19.1 Å². The number of nitrogens with zero attached hydrogens (tertiary/aromatic N) is 4. The fourth-order valence-corrected chi connectivity index (χ4v) is 3.36. The number of aromatic nitrogens is 4. The molecule has 0 saturated carbocycles. The van der Waals surface area contributed by atoms with Gasteiger partial charge in [-0.15, -0.1) is 11.3 Å². The predicted octanol–water partition coefficient (Wildman–Crippen LogP) is 2.57. The van der Waals surface area contributed by atoms with Gasteiger partial charge in [-0.3, -0.25) is 14.0 Å². The zero-order valence-corrected chi connectivity index (χ0v) is 14.7. The van der Waals surface area contributed by atoms with Gasteiger partial charge in [-0.25, -0.2) is 9.67 Å². The maximum atomic E-state index is 12.4. The minimum atomic E-state index is -0.321. The molecule has 0 bridgehead atoms. The third-order valence-electron chi connectivity index (χ3n) is 3.86. The third kappa shape index (κ3) is 3.14. The molecule has 0 aliphatic carbocycles. The summed E-state index contributed by atoms with van der Waals surface area (Å²) >= 11 is 1.55. The van der Waals surface area contributed by atoms with Crippen molar-refractivity contribution in [1.82, 2.24) is 19.2 Å². The first kappa shape index (κ1) is 16.2. The summed E-state index contributed by atoms with van der Waals surface area (Å²) in [4.78, 5) is 29.7. The molecule has 0 aliphatic heterocycles. The Balaban J connectivity index is 1.60.